The smallest absolute Gasteiger partial charge is 0.291 e. The number of carbonyl (C=O) groups excluding carboxylic acids is 4. The van der Waals surface area contributed by atoms with Crippen molar-refractivity contribution >= 4 is 62.5 Å². The molecule has 0 saturated carbocycles. The zero-order chi connectivity index (χ0) is 36.1. The van der Waals surface area contributed by atoms with Crippen molar-refractivity contribution in [3.63, 3.8) is 0 Å². The lowest BCUT2D eigenvalue weighted by Gasteiger charge is -2.34. The maximum absolute atomic E-state index is 17.4. The molecule has 258 valence electrons. The summed E-state index contributed by atoms with van der Waals surface area (Å²) in [5, 5.41) is 18.3. The number of carbonyl (C=O) groups is 4. The standard InChI is InChI=1S/C38H39FN6O5/c1-36(2,23-37(3,4)22-31(47)45-50)21-30(46)42-27-17-15-26(16-18-27)38(39,34(48)43-28-13-5-9-24-11-7-19-40-32(24)28)35(49)44-29-14-6-10-25-12-8-20-41-33(25)29/h5-20,50H,21-23H2,1-4H3,(H,42,46)(H,43,48)(H,44,49)(H,45,47). The van der Waals surface area contributed by atoms with Crippen molar-refractivity contribution < 1.29 is 28.8 Å². The molecule has 0 aliphatic rings. The van der Waals surface area contributed by atoms with Gasteiger partial charge in [-0.15, -0.1) is 0 Å². The lowest BCUT2D eigenvalue weighted by Crippen LogP contribution is -2.46. The van der Waals surface area contributed by atoms with E-state index in [0.29, 0.717) is 33.9 Å². The molecule has 0 aliphatic heterocycles. The zero-order valence-electron chi connectivity index (χ0n) is 28.2. The van der Waals surface area contributed by atoms with Crippen LogP contribution in [0.3, 0.4) is 0 Å². The molecule has 5 rings (SSSR count). The van der Waals surface area contributed by atoms with E-state index in [1.165, 1.54) is 24.3 Å². The number of nitrogens with one attached hydrogen (secondary N) is 4. The number of benzene rings is 3. The van der Waals surface area contributed by atoms with Crippen LogP contribution < -0.4 is 21.4 Å². The summed E-state index contributed by atoms with van der Waals surface area (Å²) in [5.41, 5.74) is -1.24. The maximum atomic E-state index is 17.4. The van der Waals surface area contributed by atoms with Crippen LogP contribution in [-0.2, 0) is 24.8 Å². The minimum Gasteiger partial charge on any atom is -0.326 e. The number of alkyl halides is 1. The van der Waals surface area contributed by atoms with Crippen molar-refractivity contribution in [2.45, 2.75) is 52.6 Å². The molecule has 5 aromatic rings. The summed E-state index contributed by atoms with van der Waals surface area (Å²) in [5.74, 6) is -3.31. The monoisotopic (exact) mass is 678 g/mol. The second-order valence-corrected chi connectivity index (χ2v) is 13.8. The molecule has 5 N–H and O–H groups in total. The van der Waals surface area contributed by atoms with Gasteiger partial charge in [-0.1, -0.05) is 76.2 Å². The van der Waals surface area contributed by atoms with Gasteiger partial charge in [0, 0.05) is 47.3 Å². The lowest BCUT2D eigenvalue weighted by molar-refractivity contribution is -0.140. The van der Waals surface area contributed by atoms with Crippen LogP contribution in [0.5, 0.6) is 0 Å². The first kappa shape index (κ1) is 35.6. The summed E-state index contributed by atoms with van der Waals surface area (Å²) < 4.78 is 17.4. The van der Waals surface area contributed by atoms with Crippen molar-refractivity contribution in [3.8, 4) is 0 Å². The van der Waals surface area contributed by atoms with Crippen molar-refractivity contribution in [2.24, 2.45) is 10.8 Å². The summed E-state index contributed by atoms with van der Waals surface area (Å²) in [4.78, 5) is 61.2. The molecule has 4 amide bonds. The molecule has 0 saturated heterocycles. The molecule has 2 heterocycles. The summed E-state index contributed by atoms with van der Waals surface area (Å²) in [6.45, 7) is 7.56. The highest BCUT2D eigenvalue weighted by Gasteiger charge is 2.49. The Balaban J connectivity index is 1.40. The highest BCUT2D eigenvalue weighted by Crippen LogP contribution is 2.39. The van der Waals surface area contributed by atoms with Gasteiger partial charge in [-0.3, -0.25) is 34.4 Å². The third kappa shape index (κ3) is 8.09. The molecule has 50 heavy (non-hydrogen) atoms. The molecule has 0 aliphatic carbocycles. The van der Waals surface area contributed by atoms with Gasteiger partial charge in [-0.2, -0.15) is 0 Å². The number of aromatic nitrogens is 2. The number of rotatable bonds is 12. The number of hydrogen-bond donors (Lipinski definition) is 5. The van der Waals surface area contributed by atoms with Crippen LogP contribution in [-0.4, -0.2) is 38.8 Å². The lowest BCUT2D eigenvalue weighted by atomic mass is 9.71. The average Bonchev–Trinajstić information content (AvgIpc) is 3.07. The number of hydroxylamine groups is 1. The first-order chi connectivity index (χ1) is 23.7. The van der Waals surface area contributed by atoms with Crippen LogP contribution in [0.25, 0.3) is 21.8 Å². The molecule has 0 fully saturated rings. The Bertz CT molecular complexity index is 1960. The average molecular weight is 679 g/mol. The van der Waals surface area contributed by atoms with Crippen molar-refractivity contribution in [2.75, 3.05) is 16.0 Å². The number of pyridine rings is 2. The highest BCUT2D eigenvalue weighted by atomic mass is 19.1. The first-order valence-corrected chi connectivity index (χ1v) is 16.0. The van der Waals surface area contributed by atoms with E-state index in [1.807, 2.05) is 27.7 Å². The first-order valence-electron chi connectivity index (χ1n) is 16.0. The molecule has 3 aromatic carbocycles. The van der Waals surface area contributed by atoms with Gasteiger partial charge in [0.15, 0.2) is 0 Å². The van der Waals surface area contributed by atoms with Crippen LogP contribution in [0.4, 0.5) is 21.5 Å². The number of para-hydroxylation sites is 2. The summed E-state index contributed by atoms with van der Waals surface area (Å²) in [6.07, 6.45) is 3.79. The second kappa shape index (κ2) is 14.4. The van der Waals surface area contributed by atoms with Gasteiger partial charge in [0.05, 0.1) is 22.4 Å². The molecule has 11 nitrogen and oxygen atoms in total. The molecule has 0 unspecified atom stereocenters. The zero-order valence-corrected chi connectivity index (χ0v) is 28.2. The minimum atomic E-state index is -3.23. The molecular formula is C38H39FN6O5. The summed E-state index contributed by atoms with van der Waals surface area (Å²) in [6, 6.07) is 22.6. The van der Waals surface area contributed by atoms with Gasteiger partial charge in [0.25, 0.3) is 17.5 Å². The van der Waals surface area contributed by atoms with Crippen LogP contribution in [0.15, 0.2) is 97.3 Å². The van der Waals surface area contributed by atoms with E-state index in [9.17, 15) is 19.2 Å². The van der Waals surface area contributed by atoms with E-state index in [-0.39, 0.29) is 35.7 Å². The largest absolute Gasteiger partial charge is 0.326 e. The number of hydrogen-bond acceptors (Lipinski definition) is 7. The van der Waals surface area contributed by atoms with Crippen molar-refractivity contribution in [1.82, 2.24) is 15.4 Å². The normalized spacial score (nSPS) is 12.0. The number of amides is 4. The molecular weight excluding hydrogens is 639 g/mol. The van der Waals surface area contributed by atoms with E-state index in [2.05, 4.69) is 25.9 Å². The summed E-state index contributed by atoms with van der Waals surface area (Å²) >= 11 is 0. The Labute approximate surface area is 288 Å². The number of nitrogens with zero attached hydrogens (tertiary/aromatic N) is 2. The topological polar surface area (TPSA) is 162 Å². The quantitative estimate of drug-likeness (QED) is 0.0545. The predicted molar refractivity (Wildman–Crippen MR) is 190 cm³/mol. The Hall–Kier alpha value is -5.75. The van der Waals surface area contributed by atoms with Gasteiger partial charge < -0.3 is 16.0 Å². The third-order valence-corrected chi connectivity index (χ3v) is 8.31. The van der Waals surface area contributed by atoms with Crippen LogP contribution in [0.2, 0.25) is 0 Å². The minimum absolute atomic E-state index is 0.0795. The van der Waals surface area contributed by atoms with Crippen LogP contribution in [0.1, 0.15) is 52.5 Å². The van der Waals surface area contributed by atoms with Gasteiger partial charge >= 0.3 is 0 Å². The Morgan fingerprint density at radius 3 is 1.58 bits per heavy atom. The fourth-order valence-electron chi connectivity index (χ4n) is 6.51. The van der Waals surface area contributed by atoms with E-state index < -0.39 is 34.2 Å². The van der Waals surface area contributed by atoms with E-state index in [4.69, 9.17) is 5.21 Å². The molecule has 0 bridgehead atoms. The number of halogens is 1. The fourth-order valence-corrected chi connectivity index (χ4v) is 6.51. The third-order valence-electron chi connectivity index (χ3n) is 8.31. The highest BCUT2D eigenvalue weighted by molar-refractivity contribution is 6.20. The SMILES string of the molecule is CC(C)(CC(=O)NO)CC(C)(C)CC(=O)Nc1ccc(C(F)(C(=O)Nc2cccc3cccnc23)C(=O)Nc2cccc3cccnc23)cc1. The van der Waals surface area contributed by atoms with Crippen LogP contribution in [0, 0.1) is 10.8 Å². The molecule has 0 atom stereocenters. The fraction of sp³-hybridized carbons (Fsp3) is 0.263. The Morgan fingerprint density at radius 2 is 1.10 bits per heavy atom. The molecule has 0 spiro atoms. The Morgan fingerprint density at radius 1 is 0.640 bits per heavy atom. The summed E-state index contributed by atoms with van der Waals surface area (Å²) in [7, 11) is 0. The van der Waals surface area contributed by atoms with Gasteiger partial charge in [-0.05, 0) is 53.6 Å². The Kier molecular flexibility index (Phi) is 10.2. The second-order valence-electron chi connectivity index (χ2n) is 13.8. The predicted octanol–water partition coefficient (Wildman–Crippen LogP) is 6.89. The van der Waals surface area contributed by atoms with E-state index >= 15 is 4.39 Å². The number of fused-ring (bicyclic) bond motifs is 2. The maximum Gasteiger partial charge on any atom is 0.291 e. The molecule has 0 radical (unpaired) electrons. The van der Waals surface area contributed by atoms with Gasteiger partial charge in [-0.25, -0.2) is 9.87 Å². The van der Waals surface area contributed by atoms with Crippen molar-refractivity contribution in [3.05, 3.63) is 103 Å². The molecule has 12 heteroatoms. The van der Waals surface area contributed by atoms with Gasteiger partial charge in [0.1, 0.15) is 0 Å². The van der Waals surface area contributed by atoms with Gasteiger partial charge in [0.2, 0.25) is 11.8 Å². The van der Waals surface area contributed by atoms with Crippen molar-refractivity contribution in [1.29, 1.82) is 0 Å². The van der Waals surface area contributed by atoms with Crippen LogP contribution >= 0.6 is 0 Å². The number of anilines is 3. The molecule has 2 aromatic heterocycles. The van der Waals surface area contributed by atoms with E-state index in [0.717, 1.165) is 0 Å². The van der Waals surface area contributed by atoms with E-state index in [1.54, 1.807) is 78.5 Å².